The first-order valence-corrected chi connectivity index (χ1v) is 10.2. The van der Waals surface area contributed by atoms with E-state index in [9.17, 15) is 26.4 Å². The number of ether oxygens (including phenoxy) is 1. The first-order chi connectivity index (χ1) is 10.2. The topological polar surface area (TPSA) is 69.7 Å². The zero-order valence-electron chi connectivity index (χ0n) is 13.1. The van der Waals surface area contributed by atoms with Gasteiger partial charge in [-0.1, -0.05) is 0 Å². The quantitative estimate of drug-likeness (QED) is 0.395. The molecule has 2 aliphatic carbocycles. The molecule has 2 fully saturated rings. The molecule has 2 rings (SSSR count). The predicted octanol–water partition coefficient (Wildman–Crippen LogP) is 2.65. The SMILES string of the molecule is CC(=O)O[C@H]1[C@@H]([Se]OS(=O)(=O)C(F)(F)F)[C@H]2CC[C@]1(C)C2(C)C. The monoisotopic (exact) mass is 424 g/mol. The average Bonchev–Trinajstić information content (AvgIpc) is 2.67. The van der Waals surface area contributed by atoms with Crippen molar-refractivity contribution in [3.63, 3.8) is 0 Å². The molecule has 0 amide bonds. The van der Waals surface area contributed by atoms with Gasteiger partial charge in [0.1, 0.15) is 0 Å². The molecule has 0 unspecified atom stereocenters. The number of esters is 1. The van der Waals surface area contributed by atoms with Crippen LogP contribution in [-0.2, 0) is 22.9 Å². The van der Waals surface area contributed by atoms with Crippen LogP contribution in [0.4, 0.5) is 13.2 Å². The standard InChI is InChI=1S/C13H19F3O5SSe/c1-7(17)20-10-9(23-21-22(18,19)13(14,15)16)8-5-6-12(10,4)11(8,2)3/h8-10H,5-6H2,1-4H3/t8-,9+,10+,12+/m1/s1. The summed E-state index contributed by atoms with van der Waals surface area (Å²) in [6.45, 7) is 7.14. The molecule has 10 heteroatoms. The van der Waals surface area contributed by atoms with Crippen molar-refractivity contribution < 1.29 is 34.4 Å². The van der Waals surface area contributed by atoms with E-state index in [0.717, 1.165) is 12.8 Å². The van der Waals surface area contributed by atoms with E-state index in [4.69, 9.17) is 4.74 Å². The van der Waals surface area contributed by atoms with E-state index >= 15 is 0 Å². The fraction of sp³-hybridized carbons (Fsp3) is 0.923. The zero-order valence-corrected chi connectivity index (χ0v) is 15.7. The van der Waals surface area contributed by atoms with Crippen molar-refractivity contribution in [3.05, 3.63) is 0 Å². The molecule has 0 aromatic heterocycles. The molecule has 134 valence electrons. The molecule has 5 nitrogen and oxygen atoms in total. The Balaban J connectivity index is 2.25. The van der Waals surface area contributed by atoms with E-state index in [1.807, 2.05) is 20.8 Å². The van der Waals surface area contributed by atoms with Gasteiger partial charge < -0.3 is 0 Å². The van der Waals surface area contributed by atoms with E-state index in [1.165, 1.54) is 6.92 Å². The van der Waals surface area contributed by atoms with Gasteiger partial charge in [-0.05, 0) is 0 Å². The molecule has 0 aromatic carbocycles. The summed E-state index contributed by atoms with van der Waals surface area (Å²) in [7, 11) is -5.62. The van der Waals surface area contributed by atoms with Crippen LogP contribution in [0.1, 0.15) is 40.5 Å². The molecule has 0 radical (unpaired) electrons. The Hall–Kier alpha value is -0.311. The Morgan fingerprint density at radius 2 is 1.83 bits per heavy atom. The van der Waals surface area contributed by atoms with Gasteiger partial charge in [0.15, 0.2) is 0 Å². The van der Waals surface area contributed by atoms with E-state index < -0.39 is 53.2 Å². The Morgan fingerprint density at radius 1 is 1.26 bits per heavy atom. The van der Waals surface area contributed by atoms with E-state index in [1.54, 1.807) is 0 Å². The first-order valence-electron chi connectivity index (χ1n) is 7.07. The van der Waals surface area contributed by atoms with Crippen LogP contribution < -0.4 is 0 Å². The third kappa shape index (κ3) is 2.92. The minimum atomic E-state index is -5.62. The van der Waals surface area contributed by atoms with Crippen LogP contribution in [0.3, 0.4) is 0 Å². The number of hydrogen-bond donors (Lipinski definition) is 0. The van der Waals surface area contributed by atoms with Crippen molar-refractivity contribution in [3.8, 4) is 0 Å². The summed E-state index contributed by atoms with van der Waals surface area (Å²) in [6.07, 6.45) is 0.904. The molecule has 2 bridgehead atoms. The van der Waals surface area contributed by atoms with Crippen LogP contribution in [0, 0.1) is 16.7 Å². The molecular formula is C13H19F3O5SSe. The Labute approximate surface area is 139 Å². The second-order valence-corrected chi connectivity index (χ2v) is 10.8. The van der Waals surface area contributed by atoms with Crippen LogP contribution >= 0.6 is 0 Å². The fourth-order valence-electron chi connectivity index (χ4n) is 3.85. The fourth-order valence-corrected chi connectivity index (χ4v) is 8.07. The van der Waals surface area contributed by atoms with Crippen molar-refractivity contribution in [1.29, 1.82) is 0 Å². The van der Waals surface area contributed by atoms with Gasteiger partial charge in [0, 0.05) is 0 Å². The summed E-state index contributed by atoms with van der Waals surface area (Å²) in [6, 6.07) is 0. The van der Waals surface area contributed by atoms with Gasteiger partial charge in [-0.25, -0.2) is 0 Å². The second kappa shape index (κ2) is 5.61. The number of hydrogen-bond acceptors (Lipinski definition) is 5. The molecule has 0 aromatic rings. The summed E-state index contributed by atoms with van der Waals surface area (Å²) in [5.41, 5.74) is -6.12. The number of halogens is 3. The maximum atomic E-state index is 12.4. The summed E-state index contributed by atoms with van der Waals surface area (Å²) in [5.74, 6) is -0.570. The van der Waals surface area contributed by atoms with Gasteiger partial charge in [0.2, 0.25) is 0 Å². The normalized spacial score (nSPS) is 36.2. The van der Waals surface area contributed by atoms with Crippen molar-refractivity contribution in [1.82, 2.24) is 0 Å². The minimum absolute atomic E-state index is 0.0414. The van der Waals surface area contributed by atoms with Crippen LogP contribution in [-0.4, -0.2) is 41.3 Å². The maximum absolute atomic E-state index is 12.4. The van der Waals surface area contributed by atoms with Crippen molar-refractivity contribution >= 4 is 31.4 Å². The van der Waals surface area contributed by atoms with Gasteiger partial charge >= 0.3 is 139 Å². The van der Waals surface area contributed by atoms with Crippen LogP contribution in [0.5, 0.6) is 0 Å². The average molecular weight is 423 g/mol. The van der Waals surface area contributed by atoms with Gasteiger partial charge in [-0.2, -0.15) is 0 Å². The number of alkyl halides is 3. The Kier molecular flexibility index (Phi) is 4.64. The van der Waals surface area contributed by atoms with Crippen LogP contribution in [0.2, 0.25) is 4.82 Å². The molecule has 0 spiro atoms. The molecule has 2 saturated carbocycles. The summed E-state index contributed by atoms with van der Waals surface area (Å²) in [5, 5.41) is 0. The summed E-state index contributed by atoms with van der Waals surface area (Å²) < 4.78 is 69.3. The molecule has 4 atom stereocenters. The molecule has 2 aliphatic rings. The van der Waals surface area contributed by atoms with Crippen molar-refractivity contribution in [2.75, 3.05) is 0 Å². The molecule has 23 heavy (non-hydrogen) atoms. The van der Waals surface area contributed by atoms with Crippen LogP contribution in [0.15, 0.2) is 0 Å². The molecular weight excluding hydrogens is 404 g/mol. The van der Waals surface area contributed by atoms with Gasteiger partial charge in [0.25, 0.3) is 0 Å². The molecule has 0 saturated heterocycles. The van der Waals surface area contributed by atoms with E-state index in [2.05, 4.69) is 3.27 Å². The summed E-state index contributed by atoms with van der Waals surface area (Å²) in [4.78, 5) is 10.9. The van der Waals surface area contributed by atoms with E-state index in [-0.39, 0.29) is 11.3 Å². The zero-order chi connectivity index (χ0) is 17.8. The second-order valence-electron chi connectivity index (χ2n) is 6.84. The van der Waals surface area contributed by atoms with Gasteiger partial charge in [-0.15, -0.1) is 0 Å². The van der Waals surface area contributed by atoms with Gasteiger partial charge in [-0.3, -0.25) is 0 Å². The number of rotatable bonds is 4. The molecule has 0 heterocycles. The van der Waals surface area contributed by atoms with Crippen molar-refractivity contribution in [2.45, 2.75) is 57.0 Å². The first kappa shape index (κ1) is 19.0. The van der Waals surface area contributed by atoms with Crippen molar-refractivity contribution in [2.24, 2.45) is 16.7 Å². The third-order valence-electron chi connectivity index (χ3n) is 5.51. The van der Waals surface area contributed by atoms with Gasteiger partial charge in [0.05, 0.1) is 0 Å². The Morgan fingerprint density at radius 3 is 2.30 bits per heavy atom. The summed E-state index contributed by atoms with van der Waals surface area (Å²) >= 11 is -1.30. The van der Waals surface area contributed by atoms with E-state index in [0.29, 0.717) is 0 Å². The third-order valence-corrected chi connectivity index (χ3v) is 9.63. The predicted molar refractivity (Wildman–Crippen MR) is 75.7 cm³/mol. The molecule has 0 N–H and O–H groups in total. The number of carbonyl (C=O) groups is 1. The number of fused-ring (bicyclic) bond motifs is 2. The Bertz CT molecular complexity index is 603. The number of carbonyl (C=O) groups excluding carboxylic acids is 1. The van der Waals surface area contributed by atoms with Crippen LogP contribution in [0.25, 0.3) is 0 Å². The molecule has 0 aliphatic heterocycles.